The number of nitro benzene ring substituents is 2. The van der Waals surface area contributed by atoms with Crippen LogP contribution in [-0.2, 0) is 0 Å². The number of nitrogens with zero attached hydrogens (tertiary/aromatic N) is 3. The van der Waals surface area contributed by atoms with Gasteiger partial charge in [0.1, 0.15) is 5.69 Å². The fourth-order valence-electron chi connectivity index (χ4n) is 1.16. The van der Waals surface area contributed by atoms with Crippen molar-refractivity contribution in [3.63, 3.8) is 0 Å². The number of carbonyl (C=O) groups is 1. The third-order valence-corrected chi connectivity index (χ3v) is 2.01. The van der Waals surface area contributed by atoms with Crippen LogP contribution in [-0.4, -0.2) is 28.1 Å². The van der Waals surface area contributed by atoms with E-state index < -0.39 is 27.3 Å². The molecule has 9 heteroatoms. The smallest absolute Gasteiger partial charge is 0.411 e. The van der Waals surface area contributed by atoms with Crippen molar-refractivity contribution >= 4 is 23.2 Å². The van der Waals surface area contributed by atoms with E-state index in [1.165, 1.54) is 0 Å². The molecule has 0 saturated carbocycles. The largest absolute Gasteiger partial charge is 0.465 e. The van der Waals surface area contributed by atoms with Crippen LogP contribution < -0.4 is 4.90 Å². The second-order valence-corrected chi connectivity index (χ2v) is 3.03. The molecule has 0 aliphatic heterocycles. The molecule has 0 saturated heterocycles. The highest BCUT2D eigenvalue weighted by atomic mass is 16.6. The van der Waals surface area contributed by atoms with Gasteiger partial charge in [-0.25, -0.2) is 4.79 Å². The van der Waals surface area contributed by atoms with Crippen LogP contribution in [0.25, 0.3) is 0 Å². The Bertz CT molecular complexity index is 500. The second-order valence-electron chi connectivity index (χ2n) is 3.03. The zero-order valence-electron chi connectivity index (χ0n) is 8.56. The van der Waals surface area contributed by atoms with Gasteiger partial charge in [0.2, 0.25) is 0 Å². The zero-order valence-corrected chi connectivity index (χ0v) is 8.56. The average Bonchev–Trinajstić information content (AvgIpc) is 2.26. The molecule has 9 nitrogen and oxygen atoms in total. The van der Waals surface area contributed by atoms with Gasteiger partial charge in [0.15, 0.2) is 0 Å². The number of anilines is 1. The Morgan fingerprint density at radius 3 is 2.29 bits per heavy atom. The summed E-state index contributed by atoms with van der Waals surface area (Å²) in [6.45, 7) is 0. The van der Waals surface area contributed by atoms with Crippen LogP contribution in [0.2, 0.25) is 0 Å². The van der Waals surface area contributed by atoms with Gasteiger partial charge < -0.3 is 5.11 Å². The summed E-state index contributed by atoms with van der Waals surface area (Å²) >= 11 is 0. The number of nitro groups is 2. The topological polar surface area (TPSA) is 127 Å². The maximum atomic E-state index is 10.7. The summed E-state index contributed by atoms with van der Waals surface area (Å²) in [4.78, 5) is 30.7. The third kappa shape index (κ3) is 2.45. The van der Waals surface area contributed by atoms with Crippen LogP contribution in [0.4, 0.5) is 21.9 Å². The van der Waals surface area contributed by atoms with Crippen molar-refractivity contribution in [3.8, 4) is 0 Å². The molecule has 1 N–H and O–H groups in total. The molecule has 17 heavy (non-hydrogen) atoms. The minimum atomic E-state index is -1.40. The van der Waals surface area contributed by atoms with E-state index in [1.54, 1.807) is 0 Å². The van der Waals surface area contributed by atoms with E-state index >= 15 is 0 Å². The van der Waals surface area contributed by atoms with Gasteiger partial charge in [-0.2, -0.15) is 0 Å². The first-order valence-corrected chi connectivity index (χ1v) is 4.24. The number of rotatable bonds is 3. The van der Waals surface area contributed by atoms with E-state index in [4.69, 9.17) is 5.11 Å². The lowest BCUT2D eigenvalue weighted by atomic mass is 10.2. The summed E-state index contributed by atoms with van der Waals surface area (Å²) in [5.41, 5.74) is -1.34. The molecule has 0 radical (unpaired) electrons. The zero-order chi connectivity index (χ0) is 13.2. The molecule has 0 atom stereocenters. The summed E-state index contributed by atoms with van der Waals surface area (Å²) in [5, 5.41) is 29.8. The summed E-state index contributed by atoms with van der Waals surface area (Å²) in [7, 11) is 1.11. The van der Waals surface area contributed by atoms with Gasteiger partial charge in [0.05, 0.1) is 15.9 Å². The molecule has 1 amide bonds. The van der Waals surface area contributed by atoms with Crippen molar-refractivity contribution < 1.29 is 19.7 Å². The maximum absolute atomic E-state index is 10.7. The molecule has 1 aromatic rings. The quantitative estimate of drug-likeness (QED) is 0.632. The number of hydrogen-bond acceptors (Lipinski definition) is 5. The van der Waals surface area contributed by atoms with Crippen molar-refractivity contribution in [1.29, 1.82) is 0 Å². The second kappa shape index (κ2) is 4.43. The first-order chi connectivity index (χ1) is 7.84. The molecule has 0 aromatic heterocycles. The summed E-state index contributed by atoms with van der Waals surface area (Å²) in [6.07, 6.45) is -1.40. The summed E-state index contributed by atoms with van der Waals surface area (Å²) in [6, 6.07) is 2.74. The minimum absolute atomic E-state index is 0.229. The lowest BCUT2D eigenvalue weighted by Gasteiger charge is -2.12. The molecule has 0 heterocycles. The highest BCUT2D eigenvalue weighted by molar-refractivity contribution is 5.89. The molecule has 0 unspecified atom stereocenters. The molecule has 1 rings (SSSR count). The fraction of sp³-hybridized carbons (Fsp3) is 0.125. The average molecular weight is 241 g/mol. The molecular weight excluding hydrogens is 234 g/mol. The highest BCUT2D eigenvalue weighted by Crippen LogP contribution is 2.31. The molecule has 0 aliphatic carbocycles. The Morgan fingerprint density at radius 2 is 1.88 bits per heavy atom. The number of benzene rings is 1. The van der Waals surface area contributed by atoms with Gasteiger partial charge in [0, 0.05) is 13.1 Å². The molecule has 1 aromatic carbocycles. The van der Waals surface area contributed by atoms with E-state index in [0.717, 1.165) is 25.2 Å². The summed E-state index contributed by atoms with van der Waals surface area (Å²) < 4.78 is 0. The van der Waals surface area contributed by atoms with E-state index in [0.29, 0.717) is 4.90 Å². The van der Waals surface area contributed by atoms with Crippen LogP contribution in [0.5, 0.6) is 0 Å². The lowest BCUT2D eigenvalue weighted by Crippen LogP contribution is -2.24. The van der Waals surface area contributed by atoms with Gasteiger partial charge in [-0.1, -0.05) is 0 Å². The predicted molar refractivity (Wildman–Crippen MR) is 56.2 cm³/mol. The normalized spacial score (nSPS) is 9.71. The van der Waals surface area contributed by atoms with Gasteiger partial charge in [-0.3, -0.25) is 25.1 Å². The minimum Gasteiger partial charge on any atom is -0.465 e. The van der Waals surface area contributed by atoms with E-state index in [-0.39, 0.29) is 5.69 Å². The first-order valence-electron chi connectivity index (χ1n) is 4.24. The number of amides is 1. The van der Waals surface area contributed by atoms with Crippen LogP contribution in [0.15, 0.2) is 18.2 Å². The molecule has 90 valence electrons. The molecular formula is C8H7N3O6. The standard InChI is InChI=1S/C8H7N3O6/c1-9(8(12)13)6-3-2-5(10(14)15)4-7(6)11(16)17/h2-4H,1H3,(H,12,13). The Kier molecular flexibility index (Phi) is 3.22. The Balaban J connectivity index is 3.37. The Labute approximate surface area is 94.2 Å². The molecule has 0 fully saturated rings. The molecule has 0 bridgehead atoms. The van der Waals surface area contributed by atoms with Crippen molar-refractivity contribution in [2.75, 3.05) is 11.9 Å². The van der Waals surface area contributed by atoms with Crippen molar-refractivity contribution in [3.05, 3.63) is 38.4 Å². The van der Waals surface area contributed by atoms with Crippen molar-refractivity contribution in [2.45, 2.75) is 0 Å². The van der Waals surface area contributed by atoms with E-state index in [9.17, 15) is 25.0 Å². The SMILES string of the molecule is CN(C(=O)O)c1ccc([N+](=O)[O-])cc1[N+](=O)[O-]. The molecule has 0 aliphatic rings. The van der Waals surface area contributed by atoms with Gasteiger partial charge in [-0.05, 0) is 6.07 Å². The van der Waals surface area contributed by atoms with E-state index in [2.05, 4.69) is 0 Å². The van der Waals surface area contributed by atoms with Gasteiger partial charge in [0.25, 0.3) is 11.4 Å². The van der Waals surface area contributed by atoms with E-state index in [1.807, 2.05) is 0 Å². The fourth-order valence-corrected chi connectivity index (χ4v) is 1.16. The van der Waals surface area contributed by atoms with Crippen molar-refractivity contribution in [2.24, 2.45) is 0 Å². The molecule has 0 spiro atoms. The van der Waals surface area contributed by atoms with Crippen molar-refractivity contribution in [1.82, 2.24) is 0 Å². The Hall–Kier alpha value is -2.71. The number of hydrogen-bond donors (Lipinski definition) is 1. The monoisotopic (exact) mass is 241 g/mol. The van der Waals surface area contributed by atoms with Gasteiger partial charge >= 0.3 is 6.09 Å². The third-order valence-electron chi connectivity index (χ3n) is 2.01. The van der Waals surface area contributed by atoms with Crippen LogP contribution in [0.1, 0.15) is 0 Å². The summed E-state index contributed by atoms with van der Waals surface area (Å²) in [5.74, 6) is 0. The van der Waals surface area contributed by atoms with Crippen LogP contribution in [0.3, 0.4) is 0 Å². The van der Waals surface area contributed by atoms with Crippen LogP contribution >= 0.6 is 0 Å². The number of non-ortho nitro benzene ring substituents is 1. The van der Waals surface area contributed by atoms with Gasteiger partial charge in [-0.15, -0.1) is 0 Å². The maximum Gasteiger partial charge on any atom is 0.411 e. The first kappa shape index (κ1) is 12.4. The predicted octanol–water partition coefficient (Wildman–Crippen LogP) is 1.62. The number of carboxylic acid groups (broad SMARTS) is 1. The highest BCUT2D eigenvalue weighted by Gasteiger charge is 2.24. The Morgan fingerprint density at radius 1 is 1.29 bits per heavy atom. The lowest BCUT2D eigenvalue weighted by molar-refractivity contribution is -0.393. The van der Waals surface area contributed by atoms with Crippen LogP contribution in [0, 0.1) is 20.2 Å².